The highest BCUT2D eigenvalue weighted by Gasteiger charge is 2.45. The first kappa shape index (κ1) is 14.6. The van der Waals surface area contributed by atoms with Crippen LogP contribution in [0.25, 0.3) is 0 Å². The lowest BCUT2D eigenvalue weighted by Gasteiger charge is -2.27. The number of benzene rings is 2. The Labute approximate surface area is 121 Å². The molecule has 0 bridgehead atoms. The number of hydrogen-bond donors (Lipinski definition) is 3. The fourth-order valence-electron chi connectivity index (χ4n) is 2.32. The highest BCUT2D eigenvalue weighted by Crippen LogP contribution is 2.42. The number of phenols is 2. The molecule has 2 aromatic carbocycles. The summed E-state index contributed by atoms with van der Waals surface area (Å²) in [5, 5.41) is 29.9. The van der Waals surface area contributed by atoms with Gasteiger partial charge in [-0.25, -0.2) is 4.79 Å². The van der Waals surface area contributed by atoms with E-state index in [1.165, 1.54) is 30.5 Å². The van der Waals surface area contributed by atoms with Gasteiger partial charge in [-0.15, -0.1) is 0 Å². The quantitative estimate of drug-likeness (QED) is 0.753. The van der Waals surface area contributed by atoms with Crippen molar-refractivity contribution in [3.05, 3.63) is 59.7 Å². The summed E-state index contributed by atoms with van der Waals surface area (Å²) in [6.07, 6.45) is 1.34. The Bertz CT molecular complexity index is 649. The van der Waals surface area contributed by atoms with Crippen molar-refractivity contribution < 1.29 is 20.1 Å². The Kier molecular flexibility index (Phi) is 3.93. The first-order chi connectivity index (χ1) is 10.0. The van der Waals surface area contributed by atoms with Gasteiger partial charge < -0.3 is 15.3 Å². The van der Waals surface area contributed by atoms with Crippen molar-refractivity contribution in [1.29, 1.82) is 0 Å². The summed E-state index contributed by atoms with van der Waals surface area (Å²) in [7, 11) is 0. The standard InChI is InChI=1S/C16H15NO4/c1-2-17-16(15(20)21,11-7-3-5-9-13(11)18)12-8-4-6-10-14(12)19/h2-10,18-19H,1H3,(H,20,21). The maximum atomic E-state index is 12.0. The number of carboxylic acid groups (broad SMARTS) is 1. The molecule has 0 aliphatic rings. The lowest BCUT2D eigenvalue weighted by atomic mass is 9.82. The first-order valence-electron chi connectivity index (χ1n) is 6.34. The van der Waals surface area contributed by atoms with Gasteiger partial charge >= 0.3 is 5.97 Å². The summed E-state index contributed by atoms with van der Waals surface area (Å²) in [5.74, 6) is -1.69. The topological polar surface area (TPSA) is 90.1 Å². The number of carboxylic acids is 1. The Hall–Kier alpha value is -2.82. The molecule has 0 saturated heterocycles. The zero-order chi connectivity index (χ0) is 15.5. The maximum absolute atomic E-state index is 12.0. The molecule has 2 aromatic rings. The molecule has 0 aliphatic heterocycles. The van der Waals surface area contributed by atoms with E-state index in [1.807, 2.05) is 0 Å². The van der Waals surface area contributed by atoms with Crippen LogP contribution < -0.4 is 0 Å². The van der Waals surface area contributed by atoms with Crippen LogP contribution in [0.3, 0.4) is 0 Å². The van der Waals surface area contributed by atoms with Crippen LogP contribution in [0.1, 0.15) is 18.1 Å². The van der Waals surface area contributed by atoms with Crippen LogP contribution in [-0.4, -0.2) is 27.5 Å². The van der Waals surface area contributed by atoms with Gasteiger partial charge in [0, 0.05) is 11.1 Å². The Morgan fingerprint density at radius 2 is 1.43 bits per heavy atom. The van der Waals surface area contributed by atoms with Crippen molar-refractivity contribution in [1.82, 2.24) is 0 Å². The third-order valence-electron chi connectivity index (χ3n) is 3.22. The van der Waals surface area contributed by atoms with Crippen molar-refractivity contribution in [3.8, 4) is 11.5 Å². The summed E-state index contributed by atoms with van der Waals surface area (Å²) in [4.78, 5) is 16.1. The van der Waals surface area contributed by atoms with E-state index in [-0.39, 0.29) is 22.6 Å². The Morgan fingerprint density at radius 3 is 1.76 bits per heavy atom. The number of aliphatic carboxylic acids is 1. The number of nitrogens with zero attached hydrogens (tertiary/aromatic N) is 1. The van der Waals surface area contributed by atoms with Crippen molar-refractivity contribution in [2.24, 2.45) is 4.99 Å². The van der Waals surface area contributed by atoms with Gasteiger partial charge in [-0.1, -0.05) is 36.4 Å². The normalized spacial score (nSPS) is 11.7. The molecule has 3 N–H and O–H groups in total. The van der Waals surface area contributed by atoms with Crippen LogP contribution in [0.5, 0.6) is 11.5 Å². The average Bonchev–Trinajstić information content (AvgIpc) is 2.46. The molecule has 0 heterocycles. The van der Waals surface area contributed by atoms with Crippen LogP contribution in [0.2, 0.25) is 0 Å². The molecule has 0 aliphatic carbocycles. The van der Waals surface area contributed by atoms with Crippen LogP contribution >= 0.6 is 0 Å². The van der Waals surface area contributed by atoms with E-state index in [0.717, 1.165) is 0 Å². The van der Waals surface area contributed by atoms with E-state index in [0.29, 0.717) is 0 Å². The summed E-state index contributed by atoms with van der Waals surface area (Å²) in [6, 6.07) is 12.1. The zero-order valence-electron chi connectivity index (χ0n) is 11.4. The van der Waals surface area contributed by atoms with E-state index in [4.69, 9.17) is 0 Å². The number of para-hydroxylation sites is 2. The van der Waals surface area contributed by atoms with Gasteiger partial charge in [0.15, 0.2) is 0 Å². The average molecular weight is 285 g/mol. The molecular weight excluding hydrogens is 270 g/mol. The molecule has 2 rings (SSSR count). The maximum Gasteiger partial charge on any atom is 0.341 e. The van der Waals surface area contributed by atoms with Crippen LogP contribution in [-0.2, 0) is 10.3 Å². The molecule has 0 saturated carbocycles. The molecule has 0 amide bonds. The predicted molar refractivity (Wildman–Crippen MR) is 78.8 cm³/mol. The second-order valence-electron chi connectivity index (χ2n) is 4.44. The van der Waals surface area contributed by atoms with Crippen molar-refractivity contribution in [2.75, 3.05) is 0 Å². The van der Waals surface area contributed by atoms with Crippen LogP contribution in [0, 0.1) is 0 Å². The van der Waals surface area contributed by atoms with Gasteiger partial charge in [0.05, 0.1) is 0 Å². The number of aromatic hydroxyl groups is 2. The fourth-order valence-corrected chi connectivity index (χ4v) is 2.32. The summed E-state index contributed by atoms with van der Waals surface area (Å²) < 4.78 is 0. The zero-order valence-corrected chi connectivity index (χ0v) is 11.4. The third-order valence-corrected chi connectivity index (χ3v) is 3.22. The SMILES string of the molecule is CC=NC(C(=O)O)(c1ccccc1O)c1ccccc1O. The minimum Gasteiger partial charge on any atom is -0.508 e. The molecule has 0 aromatic heterocycles. The van der Waals surface area contributed by atoms with Crippen LogP contribution in [0.4, 0.5) is 0 Å². The number of phenolic OH excluding ortho intramolecular Hbond substituents is 2. The highest BCUT2D eigenvalue weighted by molar-refractivity contribution is 5.89. The number of hydrogen-bond acceptors (Lipinski definition) is 4. The molecule has 0 atom stereocenters. The molecule has 21 heavy (non-hydrogen) atoms. The minimum absolute atomic E-state index is 0.0945. The number of aliphatic imine (C=N–C) groups is 1. The second kappa shape index (κ2) is 5.66. The van der Waals surface area contributed by atoms with E-state index in [1.54, 1.807) is 31.2 Å². The predicted octanol–water partition coefficient (Wildman–Crippen LogP) is 2.52. The highest BCUT2D eigenvalue weighted by atomic mass is 16.4. The van der Waals surface area contributed by atoms with E-state index in [9.17, 15) is 20.1 Å². The largest absolute Gasteiger partial charge is 0.508 e. The molecule has 0 radical (unpaired) electrons. The Morgan fingerprint density at radius 1 is 1.00 bits per heavy atom. The fraction of sp³-hybridized carbons (Fsp3) is 0.125. The van der Waals surface area contributed by atoms with E-state index < -0.39 is 11.5 Å². The smallest absolute Gasteiger partial charge is 0.341 e. The lowest BCUT2D eigenvalue weighted by Crippen LogP contribution is -2.35. The van der Waals surface area contributed by atoms with Gasteiger partial charge in [-0.2, -0.15) is 0 Å². The van der Waals surface area contributed by atoms with E-state index >= 15 is 0 Å². The molecule has 5 nitrogen and oxygen atoms in total. The molecule has 0 unspecified atom stereocenters. The van der Waals surface area contributed by atoms with Gasteiger partial charge in [0.2, 0.25) is 5.54 Å². The first-order valence-corrected chi connectivity index (χ1v) is 6.34. The van der Waals surface area contributed by atoms with Gasteiger partial charge in [-0.05, 0) is 25.3 Å². The number of rotatable bonds is 4. The van der Waals surface area contributed by atoms with E-state index in [2.05, 4.69) is 4.99 Å². The van der Waals surface area contributed by atoms with Crippen molar-refractivity contribution in [3.63, 3.8) is 0 Å². The van der Waals surface area contributed by atoms with Crippen LogP contribution in [0.15, 0.2) is 53.5 Å². The monoisotopic (exact) mass is 285 g/mol. The van der Waals surface area contributed by atoms with Gasteiger partial charge in [-0.3, -0.25) is 4.99 Å². The number of carbonyl (C=O) groups is 1. The molecular formula is C16H15NO4. The summed E-state index contributed by atoms with van der Waals surface area (Å²) >= 11 is 0. The van der Waals surface area contributed by atoms with Gasteiger partial charge in [0.1, 0.15) is 11.5 Å². The van der Waals surface area contributed by atoms with Gasteiger partial charge in [0.25, 0.3) is 0 Å². The molecule has 108 valence electrons. The Balaban J connectivity index is 2.87. The molecule has 5 heteroatoms. The molecule has 0 spiro atoms. The third kappa shape index (κ3) is 2.33. The molecule has 0 fully saturated rings. The van der Waals surface area contributed by atoms with Crippen molar-refractivity contribution >= 4 is 12.2 Å². The summed E-state index contributed by atoms with van der Waals surface area (Å²) in [6.45, 7) is 1.58. The minimum atomic E-state index is -1.90. The second-order valence-corrected chi connectivity index (χ2v) is 4.44. The lowest BCUT2D eigenvalue weighted by molar-refractivity contribution is -0.142. The summed E-state index contributed by atoms with van der Waals surface area (Å²) in [5.41, 5.74) is -1.71. The van der Waals surface area contributed by atoms with Crippen molar-refractivity contribution in [2.45, 2.75) is 12.5 Å².